The summed E-state index contributed by atoms with van der Waals surface area (Å²) >= 11 is 1.84. The Morgan fingerprint density at radius 3 is 3.00 bits per heavy atom. The molecule has 1 aliphatic rings. The molecule has 1 N–H and O–H groups in total. The topological polar surface area (TPSA) is 70.5 Å². The van der Waals surface area contributed by atoms with E-state index in [1.165, 1.54) is 6.08 Å². The van der Waals surface area contributed by atoms with Gasteiger partial charge in [0.2, 0.25) is 0 Å². The van der Waals surface area contributed by atoms with Gasteiger partial charge in [-0.1, -0.05) is 6.07 Å². The molecular weight excluding hydrogens is 276 g/mol. The van der Waals surface area contributed by atoms with E-state index in [4.69, 9.17) is 5.11 Å². The molecule has 0 atom stereocenters. The van der Waals surface area contributed by atoms with E-state index in [1.807, 2.05) is 11.8 Å². The summed E-state index contributed by atoms with van der Waals surface area (Å²) < 4.78 is 0. The molecule has 0 aromatic carbocycles. The maximum atomic E-state index is 12.5. The molecule has 1 aliphatic heterocycles. The zero-order chi connectivity index (χ0) is 14.4. The third-order valence-corrected chi connectivity index (χ3v) is 4.01. The van der Waals surface area contributed by atoms with Gasteiger partial charge in [0.05, 0.1) is 0 Å². The number of rotatable bonds is 3. The molecule has 0 aliphatic carbocycles. The van der Waals surface area contributed by atoms with Gasteiger partial charge in [-0.15, -0.1) is 0 Å². The van der Waals surface area contributed by atoms with Gasteiger partial charge in [0.15, 0.2) is 0 Å². The number of carbonyl (C=O) groups excluding carboxylic acids is 1. The van der Waals surface area contributed by atoms with Gasteiger partial charge in [-0.05, 0) is 24.3 Å². The third-order valence-electron chi connectivity index (χ3n) is 2.96. The minimum Gasteiger partial charge on any atom is -0.478 e. The molecule has 1 fully saturated rings. The predicted molar refractivity (Wildman–Crippen MR) is 78.8 cm³/mol. The average molecular weight is 292 g/mol. The maximum absolute atomic E-state index is 12.5. The summed E-state index contributed by atoms with van der Waals surface area (Å²) in [7, 11) is 0. The standard InChI is InChI=1S/C14H16N2O3S/c17-12(18)5-4-11-3-1-6-15-13(11)14(19)16-7-2-9-20-10-8-16/h1,3-6H,2,7-10H2,(H,17,18)/b5-4+. The summed E-state index contributed by atoms with van der Waals surface area (Å²) in [5.41, 5.74) is 0.855. The number of carbonyl (C=O) groups is 2. The van der Waals surface area contributed by atoms with Gasteiger partial charge in [0, 0.05) is 36.7 Å². The third kappa shape index (κ3) is 3.84. The molecule has 1 saturated heterocycles. The first-order chi connectivity index (χ1) is 9.68. The van der Waals surface area contributed by atoms with Gasteiger partial charge in [-0.2, -0.15) is 11.8 Å². The number of pyridine rings is 1. The van der Waals surface area contributed by atoms with E-state index in [0.29, 0.717) is 17.8 Å². The molecule has 0 bridgehead atoms. The van der Waals surface area contributed by atoms with E-state index in [0.717, 1.165) is 30.5 Å². The van der Waals surface area contributed by atoms with Crippen LogP contribution in [-0.4, -0.2) is 51.5 Å². The van der Waals surface area contributed by atoms with Crippen LogP contribution in [0.1, 0.15) is 22.5 Å². The van der Waals surface area contributed by atoms with Crippen LogP contribution in [0.25, 0.3) is 6.08 Å². The Morgan fingerprint density at radius 1 is 1.35 bits per heavy atom. The minimum atomic E-state index is -1.04. The lowest BCUT2D eigenvalue weighted by Gasteiger charge is -2.20. The molecule has 20 heavy (non-hydrogen) atoms. The van der Waals surface area contributed by atoms with Crippen molar-refractivity contribution < 1.29 is 14.7 Å². The quantitative estimate of drug-likeness (QED) is 0.860. The second-order valence-electron chi connectivity index (χ2n) is 4.37. The summed E-state index contributed by atoms with van der Waals surface area (Å²) in [5, 5.41) is 8.68. The monoisotopic (exact) mass is 292 g/mol. The highest BCUT2D eigenvalue weighted by Gasteiger charge is 2.20. The zero-order valence-electron chi connectivity index (χ0n) is 11.0. The molecule has 2 heterocycles. The van der Waals surface area contributed by atoms with Crippen LogP contribution in [0.3, 0.4) is 0 Å². The number of hydrogen-bond donors (Lipinski definition) is 1. The van der Waals surface area contributed by atoms with Crippen LogP contribution in [0, 0.1) is 0 Å². The SMILES string of the molecule is O=C(O)/C=C/c1cccnc1C(=O)N1CCCSCC1. The molecule has 2 rings (SSSR count). The van der Waals surface area contributed by atoms with E-state index in [1.54, 1.807) is 23.2 Å². The minimum absolute atomic E-state index is 0.127. The number of nitrogens with zero attached hydrogens (tertiary/aromatic N) is 2. The highest BCUT2D eigenvalue weighted by atomic mass is 32.2. The van der Waals surface area contributed by atoms with E-state index >= 15 is 0 Å². The van der Waals surface area contributed by atoms with Gasteiger partial charge in [-0.25, -0.2) is 4.79 Å². The number of thioether (sulfide) groups is 1. The molecule has 1 aromatic rings. The Kier molecular flexibility index (Phi) is 5.17. The van der Waals surface area contributed by atoms with Crippen molar-refractivity contribution in [3.05, 3.63) is 35.7 Å². The lowest BCUT2D eigenvalue weighted by molar-refractivity contribution is -0.131. The molecule has 0 saturated carbocycles. The van der Waals surface area contributed by atoms with Crippen LogP contribution in [0.5, 0.6) is 0 Å². The van der Waals surface area contributed by atoms with Crippen molar-refractivity contribution in [2.45, 2.75) is 6.42 Å². The van der Waals surface area contributed by atoms with E-state index in [-0.39, 0.29) is 5.91 Å². The van der Waals surface area contributed by atoms with Crippen LogP contribution in [0.15, 0.2) is 24.4 Å². The molecule has 6 heteroatoms. The van der Waals surface area contributed by atoms with Crippen molar-refractivity contribution in [2.24, 2.45) is 0 Å². The lowest BCUT2D eigenvalue weighted by Crippen LogP contribution is -2.34. The van der Waals surface area contributed by atoms with E-state index in [2.05, 4.69) is 4.98 Å². The number of amides is 1. The molecule has 0 spiro atoms. The fraction of sp³-hybridized carbons (Fsp3) is 0.357. The van der Waals surface area contributed by atoms with Crippen LogP contribution in [0.2, 0.25) is 0 Å². The Bertz CT molecular complexity index is 523. The van der Waals surface area contributed by atoms with Crippen molar-refractivity contribution in [1.29, 1.82) is 0 Å². The largest absolute Gasteiger partial charge is 0.478 e. The first-order valence-electron chi connectivity index (χ1n) is 6.41. The Morgan fingerprint density at radius 2 is 2.20 bits per heavy atom. The number of carboxylic acid groups (broad SMARTS) is 1. The smallest absolute Gasteiger partial charge is 0.328 e. The second-order valence-corrected chi connectivity index (χ2v) is 5.60. The van der Waals surface area contributed by atoms with Gasteiger partial charge >= 0.3 is 5.97 Å². The van der Waals surface area contributed by atoms with Crippen molar-refractivity contribution in [2.75, 3.05) is 24.6 Å². The van der Waals surface area contributed by atoms with Crippen molar-refractivity contribution in [3.8, 4) is 0 Å². The summed E-state index contributed by atoms with van der Waals surface area (Å²) in [4.78, 5) is 29.0. The first kappa shape index (κ1) is 14.6. The van der Waals surface area contributed by atoms with E-state index < -0.39 is 5.97 Å². The molecule has 1 amide bonds. The van der Waals surface area contributed by atoms with Gasteiger partial charge < -0.3 is 10.0 Å². The number of hydrogen-bond acceptors (Lipinski definition) is 4. The van der Waals surface area contributed by atoms with Crippen molar-refractivity contribution in [3.63, 3.8) is 0 Å². The summed E-state index contributed by atoms with van der Waals surface area (Å²) in [6.07, 6.45) is 4.96. The van der Waals surface area contributed by atoms with Gasteiger partial charge in [0.1, 0.15) is 5.69 Å². The van der Waals surface area contributed by atoms with Crippen LogP contribution in [-0.2, 0) is 4.79 Å². The molecule has 0 radical (unpaired) electrons. The second kappa shape index (κ2) is 7.09. The molecular formula is C14H16N2O3S. The summed E-state index contributed by atoms with van der Waals surface area (Å²) in [6, 6.07) is 3.39. The molecule has 1 aromatic heterocycles. The summed E-state index contributed by atoms with van der Waals surface area (Å²) in [6.45, 7) is 1.44. The van der Waals surface area contributed by atoms with Gasteiger partial charge in [-0.3, -0.25) is 9.78 Å². The van der Waals surface area contributed by atoms with E-state index in [9.17, 15) is 9.59 Å². The Hall–Kier alpha value is -1.82. The zero-order valence-corrected chi connectivity index (χ0v) is 11.8. The van der Waals surface area contributed by atoms with Crippen molar-refractivity contribution >= 4 is 29.7 Å². The Balaban J connectivity index is 2.22. The number of aromatic nitrogens is 1. The van der Waals surface area contributed by atoms with Crippen LogP contribution in [0.4, 0.5) is 0 Å². The highest BCUT2D eigenvalue weighted by molar-refractivity contribution is 7.99. The Labute approximate surface area is 121 Å². The molecule has 5 nitrogen and oxygen atoms in total. The fourth-order valence-electron chi connectivity index (χ4n) is 1.99. The normalized spacial score (nSPS) is 16.1. The summed E-state index contributed by atoms with van der Waals surface area (Å²) in [5.74, 6) is 0.827. The number of aliphatic carboxylic acids is 1. The molecule has 106 valence electrons. The average Bonchev–Trinajstić information content (AvgIpc) is 2.73. The fourth-order valence-corrected chi connectivity index (χ4v) is 2.88. The first-order valence-corrected chi connectivity index (χ1v) is 7.57. The van der Waals surface area contributed by atoms with Crippen LogP contribution >= 0.6 is 11.8 Å². The highest BCUT2D eigenvalue weighted by Crippen LogP contribution is 2.15. The van der Waals surface area contributed by atoms with Crippen molar-refractivity contribution in [1.82, 2.24) is 9.88 Å². The lowest BCUT2D eigenvalue weighted by atomic mass is 10.1. The van der Waals surface area contributed by atoms with Crippen LogP contribution < -0.4 is 0 Å². The van der Waals surface area contributed by atoms with Gasteiger partial charge in [0.25, 0.3) is 5.91 Å². The molecule has 0 unspecified atom stereocenters. The maximum Gasteiger partial charge on any atom is 0.328 e. The number of carboxylic acids is 1. The predicted octanol–water partition coefficient (Wildman–Crippen LogP) is 1.76.